The van der Waals surface area contributed by atoms with Gasteiger partial charge in [0.15, 0.2) is 0 Å². The third-order valence-corrected chi connectivity index (χ3v) is 3.47. The van der Waals surface area contributed by atoms with Crippen molar-refractivity contribution in [2.75, 3.05) is 6.61 Å². The molecule has 0 fully saturated rings. The molecule has 8 heteroatoms. The molecule has 0 amide bonds. The van der Waals surface area contributed by atoms with E-state index in [-0.39, 0.29) is 6.61 Å². The third kappa shape index (κ3) is 3.52. The van der Waals surface area contributed by atoms with Gasteiger partial charge in [-0.2, -0.15) is 5.10 Å². The Hall–Kier alpha value is -2.93. The second kappa shape index (κ2) is 7.10. The van der Waals surface area contributed by atoms with Crippen LogP contribution < -0.4 is 0 Å². The summed E-state index contributed by atoms with van der Waals surface area (Å²) in [5.74, 6) is 0.0913. The average Bonchev–Trinajstić information content (AvgIpc) is 3.25. The number of hydrogen-bond acceptors (Lipinski definition) is 6. The van der Waals surface area contributed by atoms with E-state index in [9.17, 15) is 4.79 Å². The molecule has 1 aromatic carbocycles. The highest BCUT2D eigenvalue weighted by Crippen LogP contribution is 2.27. The maximum Gasteiger partial charge on any atom is 0.339 e. The van der Waals surface area contributed by atoms with Gasteiger partial charge in [0.1, 0.15) is 18.4 Å². The number of carbonyl (C=O) groups excluding carboxylic acids is 1. The molecule has 0 saturated heterocycles. The second-order valence-corrected chi connectivity index (χ2v) is 5.15. The van der Waals surface area contributed by atoms with Gasteiger partial charge in [-0.1, -0.05) is 17.7 Å². The molecule has 0 unspecified atom stereocenters. The Morgan fingerprint density at radius 3 is 2.88 bits per heavy atom. The number of nitrogens with zero attached hydrogens (tertiary/aromatic N) is 4. The molecule has 2 heterocycles. The number of hydrogen-bond donors (Lipinski definition) is 0. The Morgan fingerprint density at radius 1 is 1.33 bits per heavy atom. The summed E-state index contributed by atoms with van der Waals surface area (Å²) in [6, 6.07) is 6.93. The van der Waals surface area contributed by atoms with Crippen molar-refractivity contribution >= 4 is 23.8 Å². The molecule has 0 aliphatic heterocycles. The number of benzene rings is 1. The molecule has 0 bridgehead atoms. The zero-order valence-electron chi connectivity index (χ0n) is 12.7. The van der Waals surface area contributed by atoms with Gasteiger partial charge in [-0.3, -0.25) is 0 Å². The molecule has 0 N–H and O–H groups in total. The molecule has 24 heavy (non-hydrogen) atoms. The summed E-state index contributed by atoms with van der Waals surface area (Å²) in [5.41, 5.74) is 1.90. The summed E-state index contributed by atoms with van der Waals surface area (Å²) in [7, 11) is 0. The van der Waals surface area contributed by atoms with Gasteiger partial charge in [0, 0.05) is 5.56 Å². The van der Waals surface area contributed by atoms with Crippen molar-refractivity contribution in [2.45, 2.75) is 6.92 Å². The summed E-state index contributed by atoms with van der Waals surface area (Å²) in [6.07, 6.45) is 6.04. The largest absolute Gasteiger partial charge is 0.463 e. The smallest absolute Gasteiger partial charge is 0.339 e. The van der Waals surface area contributed by atoms with Gasteiger partial charge >= 0.3 is 5.97 Å². The van der Waals surface area contributed by atoms with E-state index in [1.165, 1.54) is 23.5 Å². The number of furan rings is 1. The number of aromatic nitrogens is 3. The summed E-state index contributed by atoms with van der Waals surface area (Å²) >= 11 is 6.07. The normalized spacial score (nSPS) is 11.1. The zero-order chi connectivity index (χ0) is 16.9. The van der Waals surface area contributed by atoms with Crippen LogP contribution in [0.1, 0.15) is 23.0 Å². The first-order chi connectivity index (χ1) is 11.7. The number of carbonyl (C=O) groups is 1. The molecule has 0 saturated carbocycles. The third-order valence-electron chi connectivity index (χ3n) is 3.14. The molecule has 0 aliphatic rings. The van der Waals surface area contributed by atoms with Gasteiger partial charge in [-0.25, -0.2) is 9.47 Å². The molecule has 122 valence electrons. The summed E-state index contributed by atoms with van der Waals surface area (Å²) in [4.78, 5) is 11.9. The van der Waals surface area contributed by atoms with E-state index in [4.69, 9.17) is 20.8 Å². The first kappa shape index (κ1) is 15.9. The average molecular weight is 345 g/mol. The first-order valence-corrected chi connectivity index (χ1v) is 7.49. The SMILES string of the molecule is CCOC(=O)c1cc(-c2coc(/C=N/n3cnnc3)c2)ccc1Cl. The number of rotatable bonds is 5. The van der Waals surface area contributed by atoms with Crippen LogP contribution >= 0.6 is 11.6 Å². The fourth-order valence-corrected chi connectivity index (χ4v) is 2.22. The van der Waals surface area contributed by atoms with Crippen LogP contribution in [-0.4, -0.2) is 33.7 Å². The van der Waals surface area contributed by atoms with Crippen LogP contribution in [0.3, 0.4) is 0 Å². The maximum atomic E-state index is 11.9. The van der Waals surface area contributed by atoms with Crippen LogP contribution in [0.4, 0.5) is 0 Å². The van der Waals surface area contributed by atoms with E-state index in [1.54, 1.807) is 37.5 Å². The van der Waals surface area contributed by atoms with Crippen molar-refractivity contribution in [3.63, 3.8) is 0 Å². The highest BCUT2D eigenvalue weighted by Gasteiger charge is 2.13. The van der Waals surface area contributed by atoms with E-state index >= 15 is 0 Å². The van der Waals surface area contributed by atoms with Crippen molar-refractivity contribution in [1.82, 2.24) is 14.9 Å². The van der Waals surface area contributed by atoms with Crippen molar-refractivity contribution in [2.24, 2.45) is 5.10 Å². The van der Waals surface area contributed by atoms with Crippen molar-refractivity contribution in [3.05, 3.63) is 59.5 Å². The topological polar surface area (TPSA) is 82.5 Å². The monoisotopic (exact) mass is 344 g/mol. The van der Waals surface area contributed by atoms with Crippen LogP contribution in [0, 0.1) is 0 Å². The van der Waals surface area contributed by atoms with Crippen LogP contribution in [0.25, 0.3) is 11.1 Å². The van der Waals surface area contributed by atoms with Gasteiger partial charge in [0.05, 0.1) is 29.7 Å². The Bertz CT molecular complexity index is 871. The molecular formula is C16H13ClN4O3. The predicted molar refractivity (Wildman–Crippen MR) is 88.1 cm³/mol. The van der Waals surface area contributed by atoms with E-state index in [0.717, 1.165) is 11.1 Å². The molecule has 7 nitrogen and oxygen atoms in total. The first-order valence-electron chi connectivity index (χ1n) is 7.12. The number of esters is 1. The van der Waals surface area contributed by atoms with E-state index in [0.29, 0.717) is 16.3 Å². The molecule has 0 atom stereocenters. The second-order valence-electron chi connectivity index (χ2n) is 4.74. The molecule has 0 spiro atoms. The fraction of sp³-hybridized carbons (Fsp3) is 0.125. The molecule has 3 aromatic rings. The molecular weight excluding hydrogens is 332 g/mol. The highest BCUT2D eigenvalue weighted by molar-refractivity contribution is 6.33. The summed E-state index contributed by atoms with van der Waals surface area (Å²) in [6.45, 7) is 2.03. The van der Waals surface area contributed by atoms with Gasteiger partial charge in [0.2, 0.25) is 0 Å². The lowest BCUT2D eigenvalue weighted by molar-refractivity contribution is 0.0526. The van der Waals surface area contributed by atoms with Crippen LogP contribution in [0.15, 0.2) is 52.7 Å². The maximum absolute atomic E-state index is 11.9. The molecule has 3 rings (SSSR count). The van der Waals surface area contributed by atoms with Crippen molar-refractivity contribution in [3.8, 4) is 11.1 Å². The summed E-state index contributed by atoms with van der Waals surface area (Å²) < 4.78 is 11.9. The molecule has 0 radical (unpaired) electrons. The summed E-state index contributed by atoms with van der Waals surface area (Å²) in [5, 5.41) is 11.7. The van der Waals surface area contributed by atoms with Gasteiger partial charge in [0.25, 0.3) is 0 Å². The van der Waals surface area contributed by atoms with Gasteiger partial charge in [-0.15, -0.1) is 10.2 Å². The van der Waals surface area contributed by atoms with Crippen LogP contribution in [-0.2, 0) is 4.74 Å². The minimum Gasteiger partial charge on any atom is -0.463 e. The highest BCUT2D eigenvalue weighted by atomic mass is 35.5. The lowest BCUT2D eigenvalue weighted by Crippen LogP contribution is -2.05. The van der Waals surface area contributed by atoms with Gasteiger partial charge in [-0.05, 0) is 30.7 Å². The fourth-order valence-electron chi connectivity index (χ4n) is 2.02. The minimum absolute atomic E-state index is 0.287. The van der Waals surface area contributed by atoms with Gasteiger partial charge < -0.3 is 9.15 Å². The van der Waals surface area contributed by atoms with E-state index < -0.39 is 5.97 Å². The molecule has 2 aromatic heterocycles. The van der Waals surface area contributed by atoms with Crippen molar-refractivity contribution < 1.29 is 13.9 Å². The number of ether oxygens (including phenoxy) is 1. The lowest BCUT2D eigenvalue weighted by atomic mass is 10.1. The Morgan fingerprint density at radius 2 is 2.12 bits per heavy atom. The van der Waals surface area contributed by atoms with Crippen LogP contribution in [0.5, 0.6) is 0 Å². The zero-order valence-corrected chi connectivity index (χ0v) is 13.5. The molecule has 0 aliphatic carbocycles. The van der Waals surface area contributed by atoms with Crippen LogP contribution in [0.2, 0.25) is 5.02 Å². The Kier molecular flexibility index (Phi) is 4.72. The minimum atomic E-state index is -0.456. The number of halogens is 1. The van der Waals surface area contributed by atoms with E-state index in [2.05, 4.69) is 15.3 Å². The standard InChI is InChI=1S/C16H13ClN4O3/c1-2-23-16(22)14-6-11(3-4-15(14)17)12-5-13(24-8-12)7-20-21-9-18-19-10-21/h3-10H,2H2,1H3/b20-7+. The van der Waals surface area contributed by atoms with E-state index in [1.807, 2.05) is 0 Å². The van der Waals surface area contributed by atoms with Crippen molar-refractivity contribution in [1.29, 1.82) is 0 Å². The Labute approximate surface area is 142 Å². The predicted octanol–water partition coefficient (Wildman–Crippen LogP) is 3.25. The Balaban J connectivity index is 1.84. The quantitative estimate of drug-likeness (QED) is 0.524. The lowest BCUT2D eigenvalue weighted by Gasteiger charge is -2.06.